The molecule has 0 N–H and O–H groups in total. The average Bonchev–Trinajstić information content (AvgIpc) is 2.61. The summed E-state index contributed by atoms with van der Waals surface area (Å²) in [6.07, 6.45) is 0.835. The molecular formula is C19H19BrN2O3S. The Bertz CT molecular complexity index is 977. The zero-order valence-corrected chi connectivity index (χ0v) is 17.1. The minimum absolute atomic E-state index is 0.247. The lowest BCUT2D eigenvalue weighted by Gasteiger charge is -2.31. The predicted octanol–water partition coefficient (Wildman–Crippen LogP) is 4.08. The van der Waals surface area contributed by atoms with Crippen molar-refractivity contribution in [2.24, 2.45) is 5.10 Å². The van der Waals surface area contributed by atoms with Crippen LogP contribution < -0.4 is 5.01 Å². The molecule has 26 heavy (non-hydrogen) atoms. The third-order valence-corrected chi connectivity index (χ3v) is 7.40. The summed E-state index contributed by atoms with van der Waals surface area (Å²) in [5.41, 5.74) is 2.35. The first-order valence-corrected chi connectivity index (χ1v) is 10.4. The van der Waals surface area contributed by atoms with Crippen LogP contribution in [0.4, 0.5) is 5.69 Å². The van der Waals surface area contributed by atoms with Gasteiger partial charge in [-0.05, 0) is 66.5 Å². The van der Waals surface area contributed by atoms with E-state index in [1.54, 1.807) is 50.0 Å². The maximum Gasteiger partial charge on any atom is 0.183 e. The number of rotatable bonds is 3. The number of hydrogen-bond acceptors (Lipinski definition) is 5. The first-order chi connectivity index (χ1) is 12.2. The molecule has 1 atom stereocenters. The van der Waals surface area contributed by atoms with E-state index in [0.29, 0.717) is 10.3 Å². The van der Waals surface area contributed by atoms with Crippen LogP contribution >= 0.6 is 15.9 Å². The summed E-state index contributed by atoms with van der Waals surface area (Å²) in [6, 6.07) is 13.4. The van der Waals surface area contributed by atoms with Crippen LogP contribution in [0.2, 0.25) is 0 Å². The Kier molecular flexibility index (Phi) is 4.79. The van der Waals surface area contributed by atoms with Gasteiger partial charge in [0.2, 0.25) is 0 Å². The Morgan fingerprint density at radius 2 is 1.69 bits per heavy atom. The molecule has 3 rings (SSSR count). The third kappa shape index (κ3) is 3.10. The van der Waals surface area contributed by atoms with E-state index in [2.05, 4.69) is 21.0 Å². The lowest BCUT2D eigenvalue weighted by atomic mass is 9.99. The van der Waals surface area contributed by atoms with E-state index in [9.17, 15) is 13.2 Å². The van der Waals surface area contributed by atoms with Crippen LogP contribution in [0.1, 0.15) is 37.9 Å². The van der Waals surface area contributed by atoms with Gasteiger partial charge in [0, 0.05) is 5.56 Å². The van der Waals surface area contributed by atoms with Crippen molar-refractivity contribution < 1.29 is 13.2 Å². The summed E-state index contributed by atoms with van der Waals surface area (Å²) in [4.78, 5) is 12.0. The van der Waals surface area contributed by atoms with Gasteiger partial charge < -0.3 is 4.79 Å². The van der Waals surface area contributed by atoms with Gasteiger partial charge in [0.25, 0.3) is 0 Å². The van der Waals surface area contributed by atoms with Crippen LogP contribution in [0.25, 0.3) is 0 Å². The van der Waals surface area contributed by atoms with Crippen molar-refractivity contribution in [1.82, 2.24) is 0 Å². The highest BCUT2D eigenvalue weighted by molar-refractivity contribution is 9.18. The van der Waals surface area contributed by atoms with E-state index in [1.165, 1.54) is 0 Å². The van der Waals surface area contributed by atoms with Crippen LogP contribution in [0.3, 0.4) is 0 Å². The normalized spacial score (nSPS) is 17.5. The Morgan fingerprint density at radius 3 is 2.27 bits per heavy atom. The highest BCUT2D eigenvalue weighted by atomic mass is 79.9. The lowest BCUT2D eigenvalue weighted by molar-refractivity contribution is -0.109. The van der Waals surface area contributed by atoms with Gasteiger partial charge in [0.05, 0.1) is 15.3 Å². The van der Waals surface area contributed by atoms with E-state index >= 15 is 0 Å². The highest BCUT2D eigenvalue weighted by Crippen LogP contribution is 2.35. The maximum atomic E-state index is 12.6. The van der Waals surface area contributed by atoms with Gasteiger partial charge in [0.15, 0.2) is 9.84 Å². The number of sulfone groups is 1. The molecule has 0 amide bonds. The van der Waals surface area contributed by atoms with Crippen molar-refractivity contribution in [3.63, 3.8) is 0 Å². The number of carbonyl (C=O) groups excluding carboxylic acids is 1. The molecule has 2 aromatic carbocycles. The number of hydrogen-bond donors (Lipinski definition) is 0. The Morgan fingerprint density at radius 1 is 1.08 bits per heavy atom. The molecule has 1 aliphatic heterocycles. The summed E-state index contributed by atoms with van der Waals surface area (Å²) >= 11 is 3.45. The van der Waals surface area contributed by atoms with Crippen LogP contribution in [0.15, 0.2) is 58.5 Å². The summed E-state index contributed by atoms with van der Waals surface area (Å²) < 4.78 is 24.9. The van der Waals surface area contributed by atoms with Gasteiger partial charge in [-0.2, -0.15) is 5.10 Å². The average molecular weight is 435 g/mol. The minimum Gasteiger partial charge on any atom is -0.301 e. The minimum atomic E-state index is -3.44. The van der Waals surface area contributed by atoms with E-state index in [4.69, 9.17) is 0 Å². The molecule has 0 saturated heterocycles. The lowest BCUT2D eigenvalue weighted by Crippen LogP contribution is -2.31. The fourth-order valence-corrected chi connectivity index (χ4v) is 4.50. The van der Waals surface area contributed by atoms with Gasteiger partial charge in [-0.3, -0.25) is 0 Å². The van der Waals surface area contributed by atoms with Gasteiger partial charge in [0.1, 0.15) is 16.9 Å². The van der Waals surface area contributed by atoms with E-state index in [0.717, 1.165) is 17.4 Å². The summed E-state index contributed by atoms with van der Waals surface area (Å²) in [5, 5.41) is 6.06. The van der Waals surface area contributed by atoms with Crippen molar-refractivity contribution in [1.29, 1.82) is 0 Å². The summed E-state index contributed by atoms with van der Waals surface area (Å²) in [5.74, 6) is 0. The van der Waals surface area contributed by atoms with Crippen LogP contribution in [0.5, 0.6) is 0 Å². The molecule has 2 aromatic rings. The molecule has 0 fully saturated rings. The Labute approximate surface area is 161 Å². The summed E-state index contributed by atoms with van der Waals surface area (Å²) in [7, 11) is -3.44. The van der Waals surface area contributed by atoms with Crippen molar-refractivity contribution in [2.75, 3.05) is 5.01 Å². The number of fused-ring (bicyclic) bond motifs is 1. The highest BCUT2D eigenvalue weighted by Gasteiger charge is 2.32. The second kappa shape index (κ2) is 6.63. The van der Waals surface area contributed by atoms with Crippen LogP contribution in [0, 0.1) is 0 Å². The molecular weight excluding hydrogens is 416 g/mol. The Balaban J connectivity index is 2.03. The fourth-order valence-electron chi connectivity index (χ4n) is 2.77. The first-order valence-electron chi connectivity index (χ1n) is 8.09. The van der Waals surface area contributed by atoms with Gasteiger partial charge in [-0.15, -0.1) is 0 Å². The molecule has 0 aromatic heterocycles. The standard InChI is InChI=1S/C19H19BrN2O3S/c1-19(2,3)26(24,25)14-10-8-13(9-11-14)22-17(12-23)15-6-4-5-7-16(15)18(20)21-22/h4-12,17H,1-3H3. The molecule has 0 radical (unpaired) electrons. The molecule has 0 bridgehead atoms. The number of nitrogens with zero attached hydrogens (tertiary/aromatic N) is 2. The molecule has 1 heterocycles. The predicted molar refractivity (Wildman–Crippen MR) is 107 cm³/mol. The SMILES string of the molecule is CC(C)(C)S(=O)(=O)c1ccc(N2N=C(Br)c3ccccc3C2C=O)cc1. The molecule has 0 aliphatic carbocycles. The number of carbonyl (C=O) groups is 1. The van der Waals surface area contributed by atoms with Crippen molar-refractivity contribution in [3.05, 3.63) is 59.7 Å². The zero-order chi connectivity index (χ0) is 19.1. The molecule has 1 aliphatic rings. The number of aldehydes is 1. The smallest absolute Gasteiger partial charge is 0.183 e. The monoisotopic (exact) mass is 434 g/mol. The van der Waals surface area contributed by atoms with Gasteiger partial charge in [-0.1, -0.05) is 24.3 Å². The fraction of sp³-hybridized carbons (Fsp3) is 0.263. The van der Waals surface area contributed by atoms with E-state index < -0.39 is 20.6 Å². The van der Waals surface area contributed by atoms with E-state index in [-0.39, 0.29) is 4.90 Å². The molecule has 136 valence electrons. The Hall–Kier alpha value is -1.99. The number of benzene rings is 2. The number of halogens is 1. The maximum absolute atomic E-state index is 12.6. The number of hydrazone groups is 1. The topological polar surface area (TPSA) is 66.8 Å². The van der Waals surface area contributed by atoms with Crippen LogP contribution in [-0.4, -0.2) is 24.1 Å². The quantitative estimate of drug-likeness (QED) is 0.682. The van der Waals surface area contributed by atoms with Crippen molar-refractivity contribution >= 4 is 42.4 Å². The van der Waals surface area contributed by atoms with E-state index in [1.807, 2.05) is 24.3 Å². The molecule has 0 saturated carbocycles. The second-order valence-electron chi connectivity index (χ2n) is 7.01. The first kappa shape index (κ1) is 18.8. The zero-order valence-electron chi connectivity index (χ0n) is 14.7. The second-order valence-corrected chi connectivity index (χ2v) is 10.5. The number of anilines is 1. The van der Waals surface area contributed by atoms with Gasteiger partial charge in [-0.25, -0.2) is 13.4 Å². The largest absolute Gasteiger partial charge is 0.301 e. The van der Waals surface area contributed by atoms with Crippen LogP contribution in [-0.2, 0) is 14.6 Å². The molecule has 0 spiro atoms. The van der Waals surface area contributed by atoms with Crippen molar-refractivity contribution in [2.45, 2.75) is 36.5 Å². The van der Waals surface area contributed by atoms with Crippen molar-refractivity contribution in [3.8, 4) is 0 Å². The van der Waals surface area contributed by atoms with Gasteiger partial charge >= 0.3 is 0 Å². The summed E-state index contributed by atoms with van der Waals surface area (Å²) in [6.45, 7) is 5.00. The third-order valence-electron chi connectivity index (χ3n) is 4.31. The molecule has 1 unspecified atom stereocenters. The molecule has 7 heteroatoms. The molecule has 5 nitrogen and oxygen atoms in total.